The Kier molecular flexibility index (Phi) is 4.51. The average Bonchev–Trinajstić information content (AvgIpc) is 3.29. The number of hydrogen-bond donors (Lipinski definition) is 1. The Morgan fingerprint density at radius 3 is 2.93 bits per heavy atom. The first-order valence-electron chi connectivity index (χ1n) is 9.22. The van der Waals surface area contributed by atoms with Crippen molar-refractivity contribution in [3.8, 4) is 11.5 Å². The predicted octanol–water partition coefficient (Wildman–Crippen LogP) is 1.79. The molecule has 1 amide bonds. The SMILES string of the molecule is CC(C)(O)c1cn(C[C@@H]2CCCN(C(=O)c3ccc4c(c3)OCO4)C2)nn1. The molecule has 0 aliphatic carbocycles. The second-order valence-corrected chi connectivity index (χ2v) is 7.71. The summed E-state index contributed by atoms with van der Waals surface area (Å²) in [5.74, 6) is 1.61. The zero-order valence-corrected chi connectivity index (χ0v) is 15.6. The van der Waals surface area contributed by atoms with Gasteiger partial charge in [0.2, 0.25) is 6.79 Å². The number of aliphatic hydroxyl groups is 1. The number of carbonyl (C=O) groups is 1. The van der Waals surface area contributed by atoms with Crippen molar-refractivity contribution in [1.82, 2.24) is 19.9 Å². The number of ether oxygens (including phenoxy) is 2. The summed E-state index contributed by atoms with van der Waals surface area (Å²) in [5, 5.41) is 18.2. The lowest BCUT2D eigenvalue weighted by Gasteiger charge is -2.32. The topological polar surface area (TPSA) is 89.7 Å². The molecule has 1 aromatic heterocycles. The predicted molar refractivity (Wildman–Crippen MR) is 96.5 cm³/mol. The molecule has 0 spiro atoms. The van der Waals surface area contributed by atoms with E-state index < -0.39 is 5.60 Å². The van der Waals surface area contributed by atoms with E-state index in [1.807, 2.05) is 4.90 Å². The largest absolute Gasteiger partial charge is 0.454 e. The molecule has 8 nitrogen and oxygen atoms in total. The molecule has 1 aromatic carbocycles. The molecule has 2 aliphatic heterocycles. The minimum absolute atomic E-state index is 0.00812. The van der Waals surface area contributed by atoms with Gasteiger partial charge in [0, 0.05) is 25.2 Å². The molecule has 27 heavy (non-hydrogen) atoms. The van der Waals surface area contributed by atoms with Gasteiger partial charge < -0.3 is 19.5 Å². The summed E-state index contributed by atoms with van der Waals surface area (Å²) in [6.07, 6.45) is 3.76. The highest BCUT2D eigenvalue weighted by molar-refractivity contribution is 5.95. The zero-order chi connectivity index (χ0) is 19.0. The second-order valence-electron chi connectivity index (χ2n) is 7.71. The summed E-state index contributed by atoms with van der Waals surface area (Å²) in [5.41, 5.74) is 0.156. The third kappa shape index (κ3) is 3.75. The fourth-order valence-electron chi connectivity index (χ4n) is 3.54. The molecule has 4 rings (SSSR count). The number of benzene rings is 1. The normalized spacial score (nSPS) is 19.4. The Bertz CT molecular complexity index is 842. The fraction of sp³-hybridized carbons (Fsp3) is 0.526. The van der Waals surface area contributed by atoms with Crippen LogP contribution >= 0.6 is 0 Å². The first kappa shape index (κ1) is 17.8. The average molecular weight is 372 g/mol. The molecule has 1 fully saturated rings. The Morgan fingerprint density at radius 1 is 1.33 bits per heavy atom. The lowest BCUT2D eigenvalue weighted by Crippen LogP contribution is -2.41. The summed E-state index contributed by atoms with van der Waals surface area (Å²) in [7, 11) is 0. The van der Waals surface area contributed by atoms with Crippen LogP contribution in [0, 0.1) is 5.92 Å². The molecule has 1 saturated heterocycles. The van der Waals surface area contributed by atoms with Crippen LogP contribution in [0.25, 0.3) is 0 Å². The summed E-state index contributed by atoms with van der Waals surface area (Å²) in [6.45, 7) is 5.67. The molecule has 0 bridgehead atoms. The van der Waals surface area contributed by atoms with Gasteiger partial charge in [0.25, 0.3) is 5.91 Å². The highest BCUT2D eigenvalue weighted by atomic mass is 16.7. The van der Waals surface area contributed by atoms with Crippen LogP contribution in [0.2, 0.25) is 0 Å². The number of rotatable bonds is 4. The van der Waals surface area contributed by atoms with E-state index in [-0.39, 0.29) is 12.7 Å². The monoisotopic (exact) mass is 372 g/mol. The van der Waals surface area contributed by atoms with Crippen LogP contribution < -0.4 is 9.47 Å². The fourth-order valence-corrected chi connectivity index (χ4v) is 3.54. The summed E-state index contributed by atoms with van der Waals surface area (Å²) >= 11 is 0. The number of fused-ring (bicyclic) bond motifs is 1. The van der Waals surface area contributed by atoms with Crippen LogP contribution in [-0.4, -0.2) is 50.8 Å². The van der Waals surface area contributed by atoms with Gasteiger partial charge >= 0.3 is 0 Å². The van der Waals surface area contributed by atoms with E-state index in [0.717, 1.165) is 19.4 Å². The van der Waals surface area contributed by atoms with Crippen molar-refractivity contribution in [2.24, 2.45) is 5.92 Å². The number of likely N-dealkylation sites (tertiary alicyclic amines) is 1. The van der Waals surface area contributed by atoms with Gasteiger partial charge in [-0.15, -0.1) is 5.10 Å². The molecule has 0 saturated carbocycles. The molecule has 8 heteroatoms. The molecule has 144 valence electrons. The lowest BCUT2D eigenvalue weighted by molar-refractivity contribution is 0.0659. The van der Waals surface area contributed by atoms with Crippen molar-refractivity contribution >= 4 is 5.91 Å². The minimum atomic E-state index is -1.01. The Balaban J connectivity index is 1.42. The summed E-state index contributed by atoms with van der Waals surface area (Å²) in [6, 6.07) is 5.32. The van der Waals surface area contributed by atoms with Crippen molar-refractivity contribution in [3.05, 3.63) is 35.7 Å². The third-order valence-corrected chi connectivity index (χ3v) is 5.04. The van der Waals surface area contributed by atoms with E-state index in [1.54, 1.807) is 42.9 Å². The number of piperidine rings is 1. The van der Waals surface area contributed by atoms with Gasteiger partial charge in [0.05, 0.1) is 6.20 Å². The number of nitrogens with zero attached hydrogens (tertiary/aromatic N) is 4. The van der Waals surface area contributed by atoms with E-state index in [0.29, 0.717) is 41.8 Å². The Hall–Kier alpha value is -2.61. The van der Waals surface area contributed by atoms with Gasteiger partial charge in [-0.1, -0.05) is 5.21 Å². The van der Waals surface area contributed by atoms with Crippen molar-refractivity contribution in [1.29, 1.82) is 0 Å². The zero-order valence-electron chi connectivity index (χ0n) is 15.6. The van der Waals surface area contributed by atoms with E-state index in [9.17, 15) is 9.90 Å². The molecule has 1 atom stereocenters. The maximum absolute atomic E-state index is 12.9. The summed E-state index contributed by atoms with van der Waals surface area (Å²) < 4.78 is 12.4. The van der Waals surface area contributed by atoms with E-state index in [4.69, 9.17) is 9.47 Å². The number of amides is 1. The van der Waals surface area contributed by atoms with E-state index >= 15 is 0 Å². The van der Waals surface area contributed by atoms with Gasteiger partial charge in [-0.05, 0) is 50.8 Å². The van der Waals surface area contributed by atoms with Crippen LogP contribution in [0.5, 0.6) is 11.5 Å². The lowest BCUT2D eigenvalue weighted by atomic mass is 9.97. The van der Waals surface area contributed by atoms with Crippen LogP contribution in [0.1, 0.15) is 42.7 Å². The van der Waals surface area contributed by atoms with Gasteiger partial charge in [0.15, 0.2) is 11.5 Å². The van der Waals surface area contributed by atoms with Crippen molar-refractivity contribution in [3.63, 3.8) is 0 Å². The van der Waals surface area contributed by atoms with Gasteiger partial charge in [0.1, 0.15) is 11.3 Å². The molecule has 0 radical (unpaired) electrons. The van der Waals surface area contributed by atoms with Crippen molar-refractivity contribution in [2.45, 2.75) is 38.8 Å². The molecular formula is C19H24N4O4. The highest BCUT2D eigenvalue weighted by Crippen LogP contribution is 2.33. The Morgan fingerprint density at radius 2 is 2.15 bits per heavy atom. The van der Waals surface area contributed by atoms with Crippen molar-refractivity contribution in [2.75, 3.05) is 19.9 Å². The standard InChI is InChI=1S/C19H24N4O4/c1-19(2,25)17-11-23(21-20-17)10-13-4-3-7-22(9-13)18(24)14-5-6-15-16(8-14)27-12-26-15/h5-6,8,11,13,25H,3-4,7,9-10,12H2,1-2H3/t13-/m1/s1. The van der Waals surface area contributed by atoms with E-state index in [2.05, 4.69) is 10.3 Å². The van der Waals surface area contributed by atoms with Crippen LogP contribution in [0.4, 0.5) is 0 Å². The first-order chi connectivity index (χ1) is 12.9. The Labute approximate surface area is 157 Å². The van der Waals surface area contributed by atoms with Crippen LogP contribution in [-0.2, 0) is 12.1 Å². The summed E-state index contributed by atoms with van der Waals surface area (Å²) in [4.78, 5) is 14.8. The van der Waals surface area contributed by atoms with Crippen LogP contribution in [0.3, 0.4) is 0 Å². The highest BCUT2D eigenvalue weighted by Gasteiger charge is 2.27. The molecule has 0 unspecified atom stereocenters. The molecule has 2 aliphatic rings. The number of hydrogen-bond acceptors (Lipinski definition) is 6. The molecule has 3 heterocycles. The van der Waals surface area contributed by atoms with Crippen molar-refractivity contribution < 1.29 is 19.4 Å². The van der Waals surface area contributed by atoms with Gasteiger partial charge in [-0.3, -0.25) is 9.48 Å². The smallest absolute Gasteiger partial charge is 0.254 e. The molecular weight excluding hydrogens is 348 g/mol. The van der Waals surface area contributed by atoms with Crippen LogP contribution in [0.15, 0.2) is 24.4 Å². The number of aromatic nitrogens is 3. The minimum Gasteiger partial charge on any atom is -0.454 e. The third-order valence-electron chi connectivity index (χ3n) is 5.04. The van der Waals surface area contributed by atoms with Gasteiger partial charge in [-0.25, -0.2) is 0 Å². The maximum atomic E-state index is 12.9. The number of carbonyl (C=O) groups excluding carboxylic acids is 1. The maximum Gasteiger partial charge on any atom is 0.254 e. The van der Waals surface area contributed by atoms with Gasteiger partial charge in [-0.2, -0.15) is 0 Å². The quantitative estimate of drug-likeness (QED) is 0.880. The molecule has 2 aromatic rings. The van der Waals surface area contributed by atoms with E-state index in [1.165, 1.54) is 0 Å². The molecule has 1 N–H and O–H groups in total. The first-order valence-corrected chi connectivity index (χ1v) is 9.22. The second kappa shape index (κ2) is 6.84.